The lowest BCUT2D eigenvalue weighted by atomic mass is 10.0. The minimum Gasteiger partial charge on any atom is -0.375 e. The van der Waals surface area contributed by atoms with Crippen molar-refractivity contribution in [3.8, 4) is 0 Å². The summed E-state index contributed by atoms with van der Waals surface area (Å²) in [6.07, 6.45) is -1.98. The lowest BCUT2D eigenvalue weighted by molar-refractivity contribution is -0.138. The number of hydrogen-bond acceptors (Lipinski definition) is 3. The van der Waals surface area contributed by atoms with E-state index in [9.17, 15) is 13.2 Å². The van der Waals surface area contributed by atoms with Crippen molar-refractivity contribution in [3.05, 3.63) is 46.0 Å². The van der Waals surface area contributed by atoms with Gasteiger partial charge >= 0.3 is 6.18 Å². The third kappa shape index (κ3) is 2.65. The molecule has 1 fully saturated rings. The number of benzene rings is 1. The first-order chi connectivity index (χ1) is 9.45. The largest absolute Gasteiger partial charge is 0.416 e. The van der Waals surface area contributed by atoms with Crippen LogP contribution in [0.4, 0.5) is 18.3 Å². The van der Waals surface area contributed by atoms with Gasteiger partial charge in [0.05, 0.1) is 11.3 Å². The second-order valence-corrected chi connectivity index (χ2v) is 6.08. The first kappa shape index (κ1) is 13.4. The van der Waals surface area contributed by atoms with Gasteiger partial charge < -0.3 is 5.73 Å². The van der Waals surface area contributed by atoms with Crippen molar-refractivity contribution in [2.75, 3.05) is 5.73 Å². The van der Waals surface area contributed by atoms with E-state index in [1.807, 2.05) is 0 Å². The summed E-state index contributed by atoms with van der Waals surface area (Å²) in [5.41, 5.74) is 6.31. The molecule has 0 saturated heterocycles. The maximum atomic E-state index is 13.0. The fourth-order valence-corrected chi connectivity index (χ4v) is 3.25. The van der Waals surface area contributed by atoms with Crippen LogP contribution in [-0.2, 0) is 12.6 Å². The molecule has 1 heterocycles. The van der Waals surface area contributed by atoms with Crippen LogP contribution < -0.4 is 5.73 Å². The highest BCUT2D eigenvalue weighted by atomic mass is 32.1. The van der Waals surface area contributed by atoms with Crippen LogP contribution in [-0.4, -0.2) is 4.98 Å². The standard InChI is InChI=1S/C14H13F3N2S/c15-14(16,17)10-4-2-1-3-9(10)7-11-12(8-5-6-8)19-13(18)20-11/h1-4,8H,5-7H2,(H2,18,19). The van der Waals surface area contributed by atoms with E-state index in [1.165, 1.54) is 23.5 Å². The lowest BCUT2D eigenvalue weighted by Crippen LogP contribution is -2.09. The summed E-state index contributed by atoms with van der Waals surface area (Å²) < 4.78 is 39.0. The van der Waals surface area contributed by atoms with Crippen molar-refractivity contribution in [2.45, 2.75) is 31.4 Å². The third-order valence-electron chi connectivity index (χ3n) is 3.38. The van der Waals surface area contributed by atoms with Crippen LogP contribution in [0.25, 0.3) is 0 Å². The quantitative estimate of drug-likeness (QED) is 0.921. The molecule has 0 radical (unpaired) electrons. The van der Waals surface area contributed by atoms with Gasteiger partial charge in [-0.25, -0.2) is 4.98 Å². The maximum absolute atomic E-state index is 13.0. The summed E-state index contributed by atoms with van der Waals surface area (Å²) in [6, 6.07) is 5.69. The maximum Gasteiger partial charge on any atom is 0.416 e. The minimum absolute atomic E-state index is 0.246. The second kappa shape index (κ2) is 4.77. The Labute approximate surface area is 118 Å². The molecule has 1 aromatic heterocycles. The molecule has 3 rings (SSSR count). The Bertz CT molecular complexity index is 630. The number of hydrogen-bond donors (Lipinski definition) is 1. The van der Waals surface area contributed by atoms with E-state index in [0.717, 1.165) is 29.5 Å². The minimum atomic E-state index is -4.33. The molecule has 1 aliphatic rings. The Hall–Kier alpha value is -1.56. The first-order valence-electron chi connectivity index (χ1n) is 6.35. The summed E-state index contributed by atoms with van der Waals surface area (Å²) in [5, 5.41) is 0.436. The van der Waals surface area contributed by atoms with E-state index in [2.05, 4.69) is 4.98 Å². The van der Waals surface area contributed by atoms with Gasteiger partial charge in [0.25, 0.3) is 0 Å². The van der Waals surface area contributed by atoms with Crippen LogP contribution >= 0.6 is 11.3 Å². The van der Waals surface area contributed by atoms with E-state index in [4.69, 9.17) is 5.73 Å². The normalized spacial score (nSPS) is 15.6. The zero-order valence-electron chi connectivity index (χ0n) is 10.6. The van der Waals surface area contributed by atoms with E-state index >= 15 is 0 Å². The van der Waals surface area contributed by atoms with E-state index in [1.54, 1.807) is 6.07 Å². The molecule has 6 heteroatoms. The SMILES string of the molecule is Nc1nc(C2CC2)c(Cc2ccccc2C(F)(F)F)s1. The zero-order chi connectivity index (χ0) is 14.3. The highest BCUT2D eigenvalue weighted by molar-refractivity contribution is 7.15. The number of aromatic nitrogens is 1. The van der Waals surface area contributed by atoms with Crippen LogP contribution in [0.15, 0.2) is 24.3 Å². The molecule has 2 aromatic rings. The monoisotopic (exact) mass is 298 g/mol. The van der Waals surface area contributed by atoms with Crippen LogP contribution in [0.5, 0.6) is 0 Å². The number of nitrogens with zero attached hydrogens (tertiary/aromatic N) is 1. The van der Waals surface area contributed by atoms with Crippen molar-refractivity contribution in [2.24, 2.45) is 0 Å². The number of nitrogens with two attached hydrogens (primary N) is 1. The van der Waals surface area contributed by atoms with Gasteiger partial charge in [0.1, 0.15) is 0 Å². The van der Waals surface area contributed by atoms with Crippen LogP contribution in [0.3, 0.4) is 0 Å². The van der Waals surface area contributed by atoms with Crippen LogP contribution in [0, 0.1) is 0 Å². The number of alkyl halides is 3. The first-order valence-corrected chi connectivity index (χ1v) is 7.17. The Morgan fingerprint density at radius 3 is 2.60 bits per heavy atom. The van der Waals surface area contributed by atoms with Crippen LogP contribution in [0.1, 0.15) is 40.5 Å². The third-order valence-corrected chi connectivity index (χ3v) is 4.28. The smallest absolute Gasteiger partial charge is 0.375 e. The fraction of sp³-hybridized carbons (Fsp3) is 0.357. The molecule has 0 aliphatic heterocycles. The molecule has 0 unspecified atom stereocenters. The zero-order valence-corrected chi connectivity index (χ0v) is 11.4. The highest BCUT2D eigenvalue weighted by Crippen LogP contribution is 2.44. The molecule has 2 N–H and O–H groups in total. The molecule has 0 atom stereocenters. The molecular weight excluding hydrogens is 285 g/mol. The molecule has 2 nitrogen and oxygen atoms in total. The van der Waals surface area contributed by atoms with Crippen molar-refractivity contribution >= 4 is 16.5 Å². The molecular formula is C14H13F3N2S. The molecule has 106 valence electrons. The highest BCUT2D eigenvalue weighted by Gasteiger charge is 2.34. The number of rotatable bonds is 3. The van der Waals surface area contributed by atoms with Crippen LogP contribution in [0.2, 0.25) is 0 Å². The van der Waals surface area contributed by atoms with E-state index in [-0.39, 0.29) is 12.0 Å². The Morgan fingerprint density at radius 2 is 1.95 bits per heavy atom. The van der Waals surface area contributed by atoms with Gasteiger partial charge in [0, 0.05) is 17.2 Å². The summed E-state index contributed by atoms with van der Waals surface area (Å²) in [5.74, 6) is 0.386. The van der Waals surface area contributed by atoms with Gasteiger partial charge in [0.2, 0.25) is 0 Å². The molecule has 20 heavy (non-hydrogen) atoms. The Balaban J connectivity index is 1.96. The van der Waals surface area contributed by atoms with Gasteiger partial charge in [-0.05, 0) is 24.5 Å². The average molecular weight is 298 g/mol. The summed E-state index contributed by atoms with van der Waals surface area (Å²) in [7, 11) is 0. The molecule has 0 spiro atoms. The number of halogens is 3. The van der Waals surface area contributed by atoms with Crippen molar-refractivity contribution < 1.29 is 13.2 Å². The molecule has 0 bridgehead atoms. The second-order valence-electron chi connectivity index (χ2n) is 4.97. The molecule has 0 amide bonds. The van der Waals surface area contributed by atoms with E-state index in [0.29, 0.717) is 11.0 Å². The summed E-state index contributed by atoms with van der Waals surface area (Å²) in [6.45, 7) is 0. The van der Waals surface area contributed by atoms with E-state index < -0.39 is 11.7 Å². The summed E-state index contributed by atoms with van der Waals surface area (Å²) >= 11 is 1.30. The predicted octanol–water partition coefficient (Wildman–Crippen LogP) is 4.21. The predicted molar refractivity (Wildman–Crippen MR) is 72.8 cm³/mol. The number of nitrogen functional groups attached to an aromatic ring is 1. The lowest BCUT2D eigenvalue weighted by Gasteiger charge is -2.12. The van der Waals surface area contributed by atoms with Crippen molar-refractivity contribution in [3.63, 3.8) is 0 Å². The Kier molecular flexibility index (Phi) is 3.20. The molecule has 1 saturated carbocycles. The van der Waals surface area contributed by atoms with Gasteiger partial charge in [-0.3, -0.25) is 0 Å². The number of thiazole rings is 1. The van der Waals surface area contributed by atoms with Gasteiger partial charge in [-0.2, -0.15) is 13.2 Å². The van der Waals surface area contributed by atoms with Gasteiger partial charge in [-0.1, -0.05) is 18.2 Å². The van der Waals surface area contributed by atoms with Crippen molar-refractivity contribution in [1.29, 1.82) is 0 Å². The average Bonchev–Trinajstić information content (AvgIpc) is 3.14. The summed E-state index contributed by atoms with van der Waals surface area (Å²) in [4.78, 5) is 5.14. The molecule has 1 aliphatic carbocycles. The Morgan fingerprint density at radius 1 is 1.25 bits per heavy atom. The molecule has 1 aromatic carbocycles. The van der Waals surface area contributed by atoms with Crippen molar-refractivity contribution in [1.82, 2.24) is 4.98 Å². The van der Waals surface area contributed by atoms with Gasteiger partial charge in [-0.15, -0.1) is 11.3 Å². The topological polar surface area (TPSA) is 38.9 Å². The number of anilines is 1. The fourth-order valence-electron chi connectivity index (χ4n) is 2.31. The van der Waals surface area contributed by atoms with Gasteiger partial charge in [0.15, 0.2) is 5.13 Å².